The monoisotopic (exact) mass is 865 g/mol. The van der Waals surface area contributed by atoms with E-state index in [2.05, 4.69) is 155 Å². The third-order valence-electron chi connectivity index (χ3n) is 9.52. The van der Waals surface area contributed by atoms with Crippen molar-refractivity contribution in [3.8, 4) is 33.6 Å². The number of nitrogens with zero attached hydrogens (tertiary/aromatic N) is 2. The average Bonchev–Trinajstić information content (AvgIpc) is 3.50. The predicted molar refractivity (Wildman–Crippen MR) is 215 cm³/mol. The van der Waals surface area contributed by atoms with Gasteiger partial charge in [0.25, 0.3) is 0 Å². The first kappa shape index (κ1) is 38.1. The zero-order valence-corrected chi connectivity index (χ0v) is 34.4. The number of fused-ring (bicyclic) bond motifs is 3. The van der Waals surface area contributed by atoms with E-state index >= 15 is 0 Å². The van der Waals surface area contributed by atoms with Crippen LogP contribution in [0.2, 0.25) is 19.6 Å². The van der Waals surface area contributed by atoms with Crippen molar-refractivity contribution >= 4 is 35.2 Å². The molecule has 0 spiro atoms. The van der Waals surface area contributed by atoms with Crippen molar-refractivity contribution < 1.29 is 24.5 Å². The summed E-state index contributed by atoms with van der Waals surface area (Å²) in [7, 11) is -1.34. The summed E-state index contributed by atoms with van der Waals surface area (Å²) in [5.74, 6) is 1.71. The molecule has 1 atom stereocenters. The third kappa shape index (κ3) is 8.84. The van der Waals surface area contributed by atoms with Gasteiger partial charge in [-0.1, -0.05) is 131 Å². The second kappa shape index (κ2) is 16.5. The van der Waals surface area contributed by atoms with Gasteiger partial charge in [0.05, 0.1) is 13.7 Å². The summed E-state index contributed by atoms with van der Waals surface area (Å²) in [6.07, 6.45) is 5.13. The predicted octanol–water partition coefficient (Wildman–Crippen LogP) is 12.2. The number of hydrogen-bond acceptors (Lipinski definition) is 3. The summed E-state index contributed by atoms with van der Waals surface area (Å²) in [4.78, 5) is 9.33. The van der Waals surface area contributed by atoms with Crippen LogP contribution in [0.15, 0.2) is 120 Å². The Kier molecular flexibility index (Phi) is 12.3. The molecule has 0 N–H and O–H groups in total. The fourth-order valence-corrected chi connectivity index (χ4v) is 8.06. The van der Waals surface area contributed by atoms with Gasteiger partial charge < -0.3 is 14.4 Å². The summed E-state index contributed by atoms with van der Waals surface area (Å²) >= 11 is 0. The molecule has 51 heavy (non-hydrogen) atoms. The minimum absolute atomic E-state index is 0. The number of aromatic nitrogens is 2. The van der Waals surface area contributed by atoms with Gasteiger partial charge in [0.2, 0.25) is 0 Å². The van der Waals surface area contributed by atoms with Gasteiger partial charge in [-0.25, -0.2) is 0 Å². The van der Waals surface area contributed by atoms with Crippen molar-refractivity contribution in [3.05, 3.63) is 139 Å². The summed E-state index contributed by atoms with van der Waals surface area (Å²) < 4.78 is 6.38. The second-order valence-electron chi connectivity index (χ2n) is 15.1. The molecule has 1 unspecified atom stereocenters. The van der Waals surface area contributed by atoms with E-state index in [1.54, 1.807) is 0 Å². The zero-order chi connectivity index (χ0) is 35.4. The van der Waals surface area contributed by atoms with E-state index in [0.29, 0.717) is 17.8 Å². The first-order chi connectivity index (χ1) is 24.0. The molecule has 0 bridgehead atoms. The minimum atomic E-state index is -1.34. The molecule has 5 heteroatoms. The number of pyridine rings is 2. The van der Waals surface area contributed by atoms with E-state index in [-0.39, 0.29) is 20.1 Å². The van der Waals surface area contributed by atoms with Crippen LogP contribution in [-0.2, 0) is 26.5 Å². The summed E-state index contributed by atoms with van der Waals surface area (Å²) in [5, 5.41) is 3.71. The molecular weight excluding hydrogens is 817 g/mol. The molecule has 3 aromatic heterocycles. The molecule has 0 saturated carbocycles. The maximum absolute atomic E-state index is 6.38. The van der Waals surface area contributed by atoms with Gasteiger partial charge in [0.15, 0.2) is 0 Å². The molecule has 0 aliphatic carbocycles. The SMILES string of the molecule is CC(C)C(C)c1ccnc(-c2[c-]ccc3c2oc2cc(-c4ccccc4)ccc23)c1.CC(C)Cc1cc(-c2[c-]cccc2)ncc1[Si](C)(C)C.[Ir]. The standard InChI is InChI=1S/C28H24NO.C18H24NSi.Ir/c1-18(2)19(3)21-14-15-29-26(16-21)25-11-7-10-24-23-13-12-22(17-27(23)30-28(24)25)20-8-5-4-6-9-20;1-14(2)11-16-12-17(15-9-7-6-8-10-15)19-13-18(16)20(3,4)5;/h4-10,12-19H,1-3H3;6-9,12-14H,11H2,1-5H3;/q2*-1;. The molecule has 7 rings (SSSR count). The van der Waals surface area contributed by atoms with Crippen molar-refractivity contribution in [1.29, 1.82) is 0 Å². The Morgan fingerprint density at radius 3 is 2.16 bits per heavy atom. The van der Waals surface area contributed by atoms with Gasteiger partial charge in [-0.3, -0.25) is 0 Å². The van der Waals surface area contributed by atoms with Gasteiger partial charge in [-0.2, -0.15) is 0 Å². The van der Waals surface area contributed by atoms with E-state index in [1.165, 1.54) is 21.9 Å². The second-order valence-corrected chi connectivity index (χ2v) is 20.2. The van der Waals surface area contributed by atoms with E-state index in [4.69, 9.17) is 4.42 Å². The Bertz CT molecular complexity index is 2200. The topological polar surface area (TPSA) is 38.9 Å². The Morgan fingerprint density at radius 1 is 0.706 bits per heavy atom. The molecule has 0 saturated heterocycles. The van der Waals surface area contributed by atoms with Gasteiger partial charge in [-0.05, 0) is 64.0 Å². The van der Waals surface area contributed by atoms with Crippen LogP contribution in [0.25, 0.3) is 55.6 Å². The van der Waals surface area contributed by atoms with Gasteiger partial charge >= 0.3 is 0 Å². The normalized spacial score (nSPS) is 12.1. The van der Waals surface area contributed by atoms with Crippen LogP contribution in [0.4, 0.5) is 0 Å². The molecule has 0 aliphatic rings. The Morgan fingerprint density at radius 2 is 1.47 bits per heavy atom. The van der Waals surface area contributed by atoms with Crippen molar-refractivity contribution in [3.63, 3.8) is 0 Å². The van der Waals surface area contributed by atoms with Crippen molar-refractivity contribution in [2.24, 2.45) is 11.8 Å². The summed E-state index contributed by atoms with van der Waals surface area (Å²) in [6, 6.07) is 42.1. The van der Waals surface area contributed by atoms with Crippen LogP contribution < -0.4 is 5.19 Å². The molecule has 0 fully saturated rings. The number of hydrogen-bond donors (Lipinski definition) is 0. The Labute approximate surface area is 319 Å². The van der Waals surface area contributed by atoms with Crippen LogP contribution in [0.5, 0.6) is 0 Å². The van der Waals surface area contributed by atoms with Crippen LogP contribution in [0.1, 0.15) is 51.7 Å². The van der Waals surface area contributed by atoms with E-state index < -0.39 is 8.07 Å². The molecule has 4 aromatic carbocycles. The number of rotatable bonds is 8. The smallest absolute Gasteiger partial charge is 0.121 e. The van der Waals surface area contributed by atoms with Crippen LogP contribution in [-0.4, -0.2) is 18.0 Å². The summed E-state index contributed by atoms with van der Waals surface area (Å²) in [5.41, 5.74) is 10.8. The van der Waals surface area contributed by atoms with Gasteiger partial charge in [0, 0.05) is 37.9 Å². The Balaban J connectivity index is 0.000000211. The molecule has 1 radical (unpaired) electrons. The largest absolute Gasteiger partial charge is 0.501 e. The van der Waals surface area contributed by atoms with Gasteiger partial charge in [-0.15, -0.1) is 54.1 Å². The average molecular weight is 865 g/mol. The molecular formula is C46H48IrN2OSi-2. The fraction of sp³-hybridized carbons (Fsp3) is 0.261. The quantitative estimate of drug-likeness (QED) is 0.113. The molecule has 263 valence electrons. The van der Waals surface area contributed by atoms with Crippen molar-refractivity contribution in [2.75, 3.05) is 0 Å². The first-order valence-corrected chi connectivity index (χ1v) is 21.3. The van der Waals surface area contributed by atoms with Crippen molar-refractivity contribution in [1.82, 2.24) is 9.97 Å². The molecule has 0 amide bonds. The molecule has 7 aromatic rings. The van der Waals surface area contributed by atoms with Gasteiger partial charge in [0.1, 0.15) is 5.58 Å². The van der Waals surface area contributed by atoms with E-state index in [1.807, 2.05) is 36.5 Å². The first-order valence-electron chi connectivity index (χ1n) is 17.8. The van der Waals surface area contributed by atoms with Crippen molar-refractivity contribution in [2.45, 2.75) is 66.6 Å². The van der Waals surface area contributed by atoms with Crippen LogP contribution >= 0.6 is 0 Å². The Hall–Kier alpha value is -4.15. The molecule has 3 heterocycles. The molecule has 3 nitrogen and oxygen atoms in total. The molecule has 0 aliphatic heterocycles. The van der Waals surface area contributed by atoms with Crippen LogP contribution in [0, 0.1) is 24.0 Å². The zero-order valence-electron chi connectivity index (χ0n) is 31.0. The fourth-order valence-electron chi connectivity index (χ4n) is 6.47. The maximum Gasteiger partial charge on any atom is 0.121 e. The van der Waals surface area contributed by atoms with Crippen LogP contribution in [0.3, 0.4) is 0 Å². The number of furan rings is 1. The minimum Gasteiger partial charge on any atom is -0.501 e. The van der Waals surface area contributed by atoms with E-state index in [9.17, 15) is 0 Å². The number of benzene rings is 4. The maximum atomic E-state index is 6.38. The van der Waals surface area contributed by atoms with E-state index in [0.717, 1.165) is 56.4 Å². The third-order valence-corrected chi connectivity index (χ3v) is 11.6. The summed E-state index contributed by atoms with van der Waals surface area (Å²) in [6.45, 7) is 18.5.